The van der Waals surface area contributed by atoms with E-state index < -0.39 is 47.7 Å². The molecular formula is C33H39BrN3O7PS. The number of carbonyl (C=O) groups is 5. The van der Waals surface area contributed by atoms with Gasteiger partial charge in [-0.05, 0) is 0 Å². The van der Waals surface area contributed by atoms with Crippen LogP contribution in [0, 0.1) is 0 Å². The number of methoxy groups -OCH3 is 2. The van der Waals surface area contributed by atoms with Gasteiger partial charge in [0.05, 0.1) is 7.11 Å². The van der Waals surface area contributed by atoms with Crippen LogP contribution >= 0.6 is 32.6 Å². The molecule has 2 atom stereocenters. The van der Waals surface area contributed by atoms with Crippen LogP contribution in [0.5, 0.6) is 0 Å². The molecular weight excluding hydrogens is 693 g/mol. The fraction of sp³-hybridized carbons (Fsp3) is 0.303. The molecule has 0 bridgehead atoms. The number of carbonyl (C=O) groups excluding carboxylic acids is 5. The number of hydrogen-bond donors (Lipinski definition) is 3. The zero-order chi connectivity index (χ0) is 33.6. The van der Waals surface area contributed by atoms with Crippen molar-refractivity contribution in [3.8, 4) is 0 Å². The SMILES string of the molecule is COC(=O)CNC(=O)[C@H](CSC(=O)CCP(Br)(c1ccccc1)(c1ccccc1)c1ccccc1)NC(=O)CC[C@H](N)C(=O)OC. The third-order valence-corrected chi connectivity index (χ3v) is 18.5. The van der Waals surface area contributed by atoms with Crippen molar-refractivity contribution in [1.82, 2.24) is 10.6 Å². The summed E-state index contributed by atoms with van der Waals surface area (Å²) in [5.41, 5.74) is 5.73. The Balaban J connectivity index is 1.82. The van der Waals surface area contributed by atoms with Gasteiger partial charge in [-0.2, -0.15) is 0 Å². The minimum absolute atomic E-state index is 0.00207. The Morgan fingerprint density at radius 3 is 1.76 bits per heavy atom. The maximum absolute atomic E-state index is 13.6. The Labute approximate surface area is 281 Å². The average molecular weight is 733 g/mol. The summed E-state index contributed by atoms with van der Waals surface area (Å²) in [6.45, 7) is -0.406. The summed E-state index contributed by atoms with van der Waals surface area (Å²) < 4.78 is 9.17. The standard InChI is InChI=1S/C33H39BrN3O7PS/c1-43-30(39)22-36-32(41)28(37-29(38)19-18-27(35)33(42)44-2)23-46-31(40)20-21-45(34,24-12-6-3-7-13-24,25-14-8-4-9-15-25)26-16-10-5-11-17-26/h3-17,27-28H,18-23,35H2,1-2H3,(H,36,41)(H,37,38)/t27-,28-/m0/s1. The van der Waals surface area contributed by atoms with Crippen LogP contribution < -0.4 is 32.3 Å². The maximum atomic E-state index is 13.6. The molecule has 0 aliphatic carbocycles. The summed E-state index contributed by atoms with van der Waals surface area (Å²) in [4.78, 5) is 62.4. The Kier molecular flexibility index (Phi) is 13.9. The number of benzene rings is 3. The first-order valence-corrected chi connectivity index (χ1v) is 20.0. The number of nitrogens with two attached hydrogens (primary N) is 1. The van der Waals surface area contributed by atoms with E-state index >= 15 is 0 Å². The number of nitrogens with one attached hydrogen (secondary N) is 2. The van der Waals surface area contributed by atoms with Crippen LogP contribution in [0.25, 0.3) is 0 Å². The third kappa shape index (κ3) is 9.25. The fourth-order valence-corrected chi connectivity index (χ4v) is 13.3. The minimum Gasteiger partial charge on any atom is -0.468 e. The molecule has 2 amide bonds. The van der Waals surface area contributed by atoms with Gasteiger partial charge >= 0.3 is 266 Å². The molecule has 0 heterocycles. The summed E-state index contributed by atoms with van der Waals surface area (Å²) in [5, 5.41) is 4.72. The molecule has 3 rings (SSSR count). The van der Waals surface area contributed by atoms with Gasteiger partial charge in [-0.25, -0.2) is 0 Å². The number of amides is 2. The van der Waals surface area contributed by atoms with Gasteiger partial charge in [-0.15, -0.1) is 0 Å². The first-order chi connectivity index (χ1) is 22.0. The molecule has 3 aromatic rings. The van der Waals surface area contributed by atoms with Gasteiger partial charge < -0.3 is 4.74 Å². The average Bonchev–Trinajstić information content (AvgIpc) is 3.10. The molecule has 13 heteroatoms. The van der Waals surface area contributed by atoms with Gasteiger partial charge in [0.15, 0.2) is 0 Å². The van der Waals surface area contributed by atoms with E-state index in [1.807, 2.05) is 54.6 Å². The van der Waals surface area contributed by atoms with Crippen LogP contribution in [-0.2, 0) is 33.4 Å². The van der Waals surface area contributed by atoms with Crippen LogP contribution in [0.1, 0.15) is 19.3 Å². The summed E-state index contributed by atoms with van der Waals surface area (Å²) >= 11 is 5.25. The predicted molar refractivity (Wildman–Crippen MR) is 187 cm³/mol. The van der Waals surface area contributed by atoms with E-state index in [4.69, 9.17) is 5.73 Å². The molecule has 0 spiro atoms. The van der Waals surface area contributed by atoms with E-state index in [0.29, 0.717) is 6.16 Å². The van der Waals surface area contributed by atoms with E-state index in [0.717, 1.165) is 27.7 Å². The van der Waals surface area contributed by atoms with Gasteiger partial charge in [-0.1, -0.05) is 0 Å². The Morgan fingerprint density at radius 2 is 1.30 bits per heavy atom. The molecule has 3 aromatic carbocycles. The van der Waals surface area contributed by atoms with Gasteiger partial charge in [0, 0.05) is 0 Å². The van der Waals surface area contributed by atoms with Gasteiger partial charge in [0.25, 0.3) is 0 Å². The summed E-state index contributed by atoms with van der Waals surface area (Å²) in [6, 6.07) is 28.1. The third-order valence-electron chi connectivity index (χ3n) is 7.50. The Morgan fingerprint density at radius 1 is 0.804 bits per heavy atom. The summed E-state index contributed by atoms with van der Waals surface area (Å²) in [5.74, 6) is -2.62. The van der Waals surface area contributed by atoms with Gasteiger partial charge in [-0.3, -0.25) is 4.79 Å². The number of esters is 2. The second-order valence-electron chi connectivity index (χ2n) is 10.4. The molecule has 0 unspecified atom stereocenters. The van der Waals surface area contributed by atoms with Crippen LogP contribution in [0.4, 0.5) is 0 Å². The minimum atomic E-state index is -3.35. The number of ether oxygens (including phenoxy) is 2. The Hall–Kier alpha value is -3.57. The summed E-state index contributed by atoms with van der Waals surface area (Å²) in [6.07, 6.45) is 0.467. The molecule has 0 aromatic heterocycles. The topological polar surface area (TPSA) is 154 Å². The molecule has 0 radical (unpaired) electrons. The normalized spacial score (nSPS) is 13.3. The molecule has 0 saturated carbocycles. The van der Waals surface area contributed by atoms with Crippen LogP contribution in [0.3, 0.4) is 0 Å². The van der Waals surface area contributed by atoms with E-state index in [-0.39, 0.29) is 30.1 Å². The van der Waals surface area contributed by atoms with Crippen LogP contribution in [-0.4, -0.2) is 73.6 Å². The number of thioether (sulfide) groups is 1. The molecule has 46 heavy (non-hydrogen) atoms. The van der Waals surface area contributed by atoms with Crippen molar-refractivity contribution in [2.24, 2.45) is 5.73 Å². The first-order valence-electron chi connectivity index (χ1n) is 14.6. The number of hydrogen-bond acceptors (Lipinski definition) is 9. The van der Waals surface area contributed by atoms with Crippen LogP contribution in [0.2, 0.25) is 0 Å². The van der Waals surface area contributed by atoms with E-state index in [1.165, 1.54) is 14.2 Å². The molecule has 10 nitrogen and oxygen atoms in total. The second-order valence-corrected chi connectivity index (χ2v) is 20.6. The fourth-order valence-electron chi connectivity index (χ4n) is 4.96. The molecule has 4 N–H and O–H groups in total. The van der Waals surface area contributed by atoms with Crippen molar-refractivity contribution in [2.45, 2.75) is 31.3 Å². The zero-order valence-electron chi connectivity index (χ0n) is 25.7. The van der Waals surface area contributed by atoms with Gasteiger partial charge in [0.2, 0.25) is 0 Å². The molecule has 0 aliphatic rings. The van der Waals surface area contributed by atoms with E-state index in [1.54, 1.807) is 0 Å². The monoisotopic (exact) mass is 731 g/mol. The van der Waals surface area contributed by atoms with E-state index in [2.05, 4.69) is 72.0 Å². The molecule has 246 valence electrons. The van der Waals surface area contributed by atoms with Crippen molar-refractivity contribution in [3.05, 3.63) is 91.0 Å². The van der Waals surface area contributed by atoms with Crippen molar-refractivity contribution in [3.63, 3.8) is 0 Å². The Bertz CT molecular complexity index is 1400. The van der Waals surface area contributed by atoms with Crippen molar-refractivity contribution in [2.75, 3.05) is 32.7 Å². The predicted octanol–water partition coefficient (Wildman–Crippen LogP) is 2.53. The number of halogens is 1. The zero-order valence-corrected chi connectivity index (χ0v) is 29.0. The molecule has 0 fully saturated rings. The molecule has 0 saturated heterocycles. The smallest absolute Gasteiger partial charge is 0.468 e. The van der Waals surface area contributed by atoms with Crippen molar-refractivity contribution in [1.29, 1.82) is 0 Å². The first kappa shape index (κ1) is 36.9. The van der Waals surface area contributed by atoms with Crippen LogP contribution in [0.15, 0.2) is 91.0 Å². The molecule has 0 aliphatic heterocycles. The van der Waals surface area contributed by atoms with Crippen molar-refractivity contribution >= 4 is 77.3 Å². The second kappa shape index (κ2) is 17.4. The quantitative estimate of drug-likeness (QED) is 0.149. The van der Waals surface area contributed by atoms with E-state index in [9.17, 15) is 24.0 Å². The summed E-state index contributed by atoms with van der Waals surface area (Å²) in [7, 11) is 2.38. The van der Waals surface area contributed by atoms with Gasteiger partial charge in [0.1, 0.15) is 0 Å². The number of rotatable bonds is 16. The van der Waals surface area contributed by atoms with Crippen molar-refractivity contribution < 1.29 is 33.4 Å².